The van der Waals surface area contributed by atoms with Crippen molar-refractivity contribution >= 4 is 20.0 Å². The number of benzene rings is 2. The molecule has 3 aromatic rings. The summed E-state index contributed by atoms with van der Waals surface area (Å²) in [6.07, 6.45) is 6.44. The van der Waals surface area contributed by atoms with Crippen LogP contribution in [0.15, 0.2) is 54.7 Å². The van der Waals surface area contributed by atoms with E-state index in [1.165, 1.54) is 0 Å². The third kappa shape index (κ3) is 7.02. The van der Waals surface area contributed by atoms with E-state index in [0.29, 0.717) is 37.4 Å². The van der Waals surface area contributed by atoms with Crippen molar-refractivity contribution in [2.45, 2.75) is 88.8 Å². The number of rotatable bonds is 10. The number of hydrogen-bond acceptors (Lipinski definition) is 6. The van der Waals surface area contributed by atoms with Crippen LogP contribution >= 0.6 is 0 Å². The zero-order chi connectivity index (χ0) is 30.6. The molecule has 1 amide bonds. The zero-order valence-corrected chi connectivity index (χ0v) is 26.8. The third-order valence-electron chi connectivity index (χ3n) is 9.19. The van der Waals surface area contributed by atoms with Crippen molar-refractivity contribution < 1.29 is 23.5 Å². The van der Waals surface area contributed by atoms with Gasteiger partial charge in [0.25, 0.3) is 0 Å². The molecule has 0 saturated carbocycles. The lowest BCUT2D eigenvalue weighted by atomic mass is 9.86. The van der Waals surface area contributed by atoms with Crippen molar-refractivity contribution in [2.24, 2.45) is 5.92 Å². The predicted molar refractivity (Wildman–Crippen MR) is 168 cm³/mol. The molecule has 3 heterocycles. The summed E-state index contributed by atoms with van der Waals surface area (Å²) in [5.41, 5.74) is 3.12. The Hall–Kier alpha value is -3.08. The molecular weight excluding hydrogens is 563 g/mol. The van der Waals surface area contributed by atoms with Crippen LogP contribution in [0.5, 0.6) is 5.75 Å². The Morgan fingerprint density at radius 3 is 2.63 bits per heavy atom. The molecule has 2 aliphatic heterocycles. The Balaban J connectivity index is 1.35. The highest BCUT2D eigenvalue weighted by molar-refractivity contribution is 6.72. The maximum Gasteiger partial charge on any atom is 0.247 e. The van der Waals surface area contributed by atoms with Crippen LogP contribution in [0.3, 0.4) is 0 Å². The van der Waals surface area contributed by atoms with Gasteiger partial charge in [-0.2, -0.15) is 0 Å². The summed E-state index contributed by atoms with van der Waals surface area (Å²) in [6.45, 7) is 6.68. The molecule has 10 heteroatoms. The molecule has 0 bridgehead atoms. The van der Waals surface area contributed by atoms with Gasteiger partial charge < -0.3 is 23.6 Å². The van der Waals surface area contributed by atoms with Crippen molar-refractivity contribution in [2.75, 3.05) is 25.2 Å². The van der Waals surface area contributed by atoms with Gasteiger partial charge in [-0.05, 0) is 56.1 Å². The molecule has 1 aromatic heterocycles. The van der Waals surface area contributed by atoms with Gasteiger partial charge in [0.05, 0.1) is 24.3 Å². The van der Waals surface area contributed by atoms with Gasteiger partial charge in [-0.15, -0.1) is 5.10 Å². The zero-order valence-electron chi connectivity index (χ0n) is 25.8. The molecule has 0 aliphatic carbocycles. The lowest BCUT2D eigenvalue weighted by Gasteiger charge is -2.43. The number of carbonyl (C=O) groups excluding carboxylic acids is 1. The van der Waals surface area contributed by atoms with Gasteiger partial charge in [0.2, 0.25) is 14.3 Å². The van der Waals surface area contributed by atoms with E-state index in [1.807, 2.05) is 59.6 Å². The number of methoxy groups -OCH3 is 1. The number of hydrogen-bond donors (Lipinski definition) is 1. The summed E-state index contributed by atoms with van der Waals surface area (Å²) in [4.78, 5) is 14.8. The molecule has 8 nitrogen and oxygen atoms in total. The first-order valence-corrected chi connectivity index (χ1v) is 18.5. The standard InChI is InChI=1S/C33H45FN4O4Si/c1-23-32(41-2)26-20-25(38-18-11-6-5-10-14-31(38)40)15-16-29(26)42-33(23)30(43(3,4)34)17-19-37-21-28(35-36-37)27(22-39)24-12-8-7-9-13-24/h7-9,12-13,15-16,20-21,23,27,30,32-33,39H,5-6,10-11,14,17-19,22H2,1-4H3/t23-,27?,30?,32-,33-/m0/s1. The van der Waals surface area contributed by atoms with Crippen LogP contribution in [-0.2, 0) is 16.1 Å². The van der Waals surface area contributed by atoms with Gasteiger partial charge in [0.15, 0.2) is 0 Å². The van der Waals surface area contributed by atoms with E-state index >= 15 is 4.11 Å². The Morgan fingerprint density at radius 2 is 1.91 bits per heavy atom. The minimum Gasteiger partial charge on any atom is -0.490 e. The topological polar surface area (TPSA) is 89.7 Å². The maximum absolute atomic E-state index is 16.0. The van der Waals surface area contributed by atoms with Gasteiger partial charge in [0.1, 0.15) is 11.9 Å². The van der Waals surface area contributed by atoms with Gasteiger partial charge in [-0.3, -0.25) is 9.48 Å². The maximum atomic E-state index is 16.0. The van der Waals surface area contributed by atoms with Gasteiger partial charge in [-0.1, -0.05) is 55.3 Å². The first kappa shape index (κ1) is 31.3. The van der Waals surface area contributed by atoms with Crippen molar-refractivity contribution in [3.05, 3.63) is 71.5 Å². The molecule has 1 fully saturated rings. The van der Waals surface area contributed by atoms with Crippen LogP contribution in [0.25, 0.3) is 0 Å². The highest BCUT2D eigenvalue weighted by atomic mass is 28.4. The first-order valence-electron chi connectivity index (χ1n) is 15.6. The van der Waals surface area contributed by atoms with Crippen LogP contribution in [0.1, 0.15) is 74.3 Å². The number of amides is 1. The minimum absolute atomic E-state index is 0.0748. The van der Waals surface area contributed by atoms with Crippen LogP contribution in [0, 0.1) is 5.92 Å². The molecule has 5 atom stereocenters. The highest BCUT2D eigenvalue weighted by Crippen LogP contribution is 2.48. The smallest absolute Gasteiger partial charge is 0.247 e. The van der Waals surface area contributed by atoms with Crippen molar-refractivity contribution in [3.63, 3.8) is 0 Å². The fourth-order valence-corrected chi connectivity index (χ4v) is 8.74. The fourth-order valence-electron chi connectivity index (χ4n) is 6.77. The summed E-state index contributed by atoms with van der Waals surface area (Å²) in [5, 5.41) is 18.7. The monoisotopic (exact) mass is 608 g/mol. The molecule has 1 N–H and O–H groups in total. The number of halogens is 1. The van der Waals surface area contributed by atoms with Crippen molar-refractivity contribution in [3.8, 4) is 5.75 Å². The van der Waals surface area contributed by atoms with Gasteiger partial charge >= 0.3 is 0 Å². The Bertz CT molecular complexity index is 1360. The number of aliphatic hydroxyl groups is 1. The Kier molecular flexibility index (Phi) is 9.98. The summed E-state index contributed by atoms with van der Waals surface area (Å²) in [7, 11) is -1.51. The molecule has 2 aromatic carbocycles. The Labute approximate surface area is 255 Å². The number of anilines is 1. The highest BCUT2D eigenvalue weighted by Gasteiger charge is 2.47. The molecule has 0 radical (unpaired) electrons. The quantitative estimate of drug-likeness (QED) is 0.211. The van der Waals surface area contributed by atoms with Crippen LogP contribution in [-0.4, -0.2) is 60.8 Å². The third-order valence-corrected chi connectivity index (χ3v) is 11.6. The van der Waals surface area contributed by atoms with E-state index in [2.05, 4.69) is 17.2 Å². The normalized spacial score (nSPS) is 22.7. The lowest BCUT2D eigenvalue weighted by Crippen LogP contribution is -2.46. The summed E-state index contributed by atoms with van der Waals surface area (Å²) < 4.78 is 30.5. The van der Waals surface area contributed by atoms with E-state index in [-0.39, 0.29) is 42.1 Å². The number of aromatic nitrogens is 3. The molecular formula is C33H45FN4O4Si. The van der Waals surface area contributed by atoms with E-state index in [1.54, 1.807) is 24.9 Å². The number of aliphatic hydroxyl groups excluding tert-OH is 1. The predicted octanol–water partition coefficient (Wildman–Crippen LogP) is 6.42. The largest absolute Gasteiger partial charge is 0.490 e. The first-order chi connectivity index (χ1) is 20.7. The van der Waals surface area contributed by atoms with E-state index in [4.69, 9.17) is 9.47 Å². The van der Waals surface area contributed by atoms with E-state index in [0.717, 1.165) is 42.5 Å². The second-order valence-corrected chi connectivity index (χ2v) is 16.4. The summed E-state index contributed by atoms with van der Waals surface area (Å²) in [5.74, 6) is 0.480. The average Bonchev–Trinajstić information content (AvgIpc) is 3.44. The second kappa shape index (κ2) is 13.7. The van der Waals surface area contributed by atoms with E-state index in [9.17, 15) is 9.90 Å². The summed E-state index contributed by atoms with van der Waals surface area (Å²) >= 11 is 0. The summed E-state index contributed by atoms with van der Waals surface area (Å²) in [6, 6.07) is 15.7. The number of ether oxygens (including phenoxy) is 2. The van der Waals surface area contributed by atoms with Gasteiger partial charge in [-0.25, -0.2) is 0 Å². The second-order valence-electron chi connectivity index (χ2n) is 12.5. The van der Waals surface area contributed by atoms with Crippen LogP contribution in [0.2, 0.25) is 18.6 Å². The lowest BCUT2D eigenvalue weighted by molar-refractivity contribution is -0.118. The molecule has 1 saturated heterocycles. The Morgan fingerprint density at radius 1 is 1.14 bits per heavy atom. The fraction of sp³-hybridized carbons (Fsp3) is 0.545. The van der Waals surface area contributed by atoms with Crippen LogP contribution in [0.4, 0.5) is 9.80 Å². The molecule has 2 unspecified atom stereocenters. The molecule has 43 heavy (non-hydrogen) atoms. The molecule has 2 aliphatic rings. The van der Waals surface area contributed by atoms with Gasteiger partial charge in [0, 0.05) is 55.5 Å². The van der Waals surface area contributed by atoms with Crippen molar-refractivity contribution in [1.29, 1.82) is 0 Å². The molecule has 0 spiro atoms. The minimum atomic E-state index is -3.20. The number of fused-ring (bicyclic) bond motifs is 1. The number of aryl methyl sites for hydroxylation is 1. The average molecular weight is 609 g/mol. The van der Waals surface area contributed by atoms with Crippen molar-refractivity contribution in [1.82, 2.24) is 15.0 Å². The van der Waals surface area contributed by atoms with E-state index < -0.39 is 8.41 Å². The molecule has 232 valence electrons. The number of nitrogens with zero attached hydrogens (tertiary/aromatic N) is 4. The SMILES string of the molecule is CO[C@@H]1c2cc(N3CCCCCCC3=O)ccc2O[C@H](C(CCn2cc(C(CO)c3ccccc3)nn2)[Si](C)(C)F)[C@H]1C. The number of carbonyl (C=O) groups is 1. The van der Waals surface area contributed by atoms with Crippen LogP contribution < -0.4 is 9.64 Å². The molecule has 5 rings (SSSR count).